The standard InChI is InChI=1S/C15H24N6O2/c16-13-12(21(22)23)14(17-11-7-3-1-4-8-11)19-15(18-13)20-9-5-2-6-10-20/h11H,1-10H2,(H3,16,17,18,19). The lowest BCUT2D eigenvalue weighted by atomic mass is 9.95. The van der Waals surface area contributed by atoms with Crippen LogP contribution in [0, 0.1) is 10.1 Å². The molecule has 2 heterocycles. The van der Waals surface area contributed by atoms with Gasteiger partial charge in [-0.2, -0.15) is 9.97 Å². The van der Waals surface area contributed by atoms with Crippen LogP contribution in [-0.2, 0) is 0 Å². The molecule has 0 aromatic carbocycles. The van der Waals surface area contributed by atoms with Gasteiger partial charge in [0.2, 0.25) is 17.6 Å². The maximum atomic E-state index is 11.4. The average molecular weight is 320 g/mol. The molecule has 8 nitrogen and oxygen atoms in total. The molecule has 23 heavy (non-hydrogen) atoms. The smallest absolute Gasteiger partial charge is 0.353 e. The van der Waals surface area contributed by atoms with E-state index >= 15 is 0 Å². The van der Waals surface area contributed by atoms with E-state index in [1.165, 1.54) is 12.8 Å². The molecule has 8 heteroatoms. The van der Waals surface area contributed by atoms with Crippen molar-refractivity contribution in [3.63, 3.8) is 0 Å². The lowest BCUT2D eigenvalue weighted by molar-refractivity contribution is -0.383. The molecule has 126 valence electrons. The van der Waals surface area contributed by atoms with Crippen LogP contribution in [0.15, 0.2) is 0 Å². The summed E-state index contributed by atoms with van der Waals surface area (Å²) in [6, 6.07) is 0.228. The van der Waals surface area contributed by atoms with Crippen LogP contribution in [0.5, 0.6) is 0 Å². The summed E-state index contributed by atoms with van der Waals surface area (Å²) in [6.07, 6.45) is 8.92. The van der Waals surface area contributed by atoms with Gasteiger partial charge in [0.1, 0.15) is 0 Å². The minimum Gasteiger partial charge on any atom is -0.378 e. The van der Waals surface area contributed by atoms with E-state index in [4.69, 9.17) is 5.73 Å². The third-order valence-electron chi connectivity index (χ3n) is 4.67. The molecule has 0 spiro atoms. The van der Waals surface area contributed by atoms with E-state index in [2.05, 4.69) is 20.2 Å². The molecule has 1 saturated heterocycles. The van der Waals surface area contributed by atoms with Crippen LogP contribution in [0.2, 0.25) is 0 Å². The van der Waals surface area contributed by atoms with Crippen LogP contribution >= 0.6 is 0 Å². The molecule has 2 aliphatic rings. The van der Waals surface area contributed by atoms with Crippen LogP contribution in [-0.4, -0.2) is 34.0 Å². The maximum Gasteiger partial charge on any atom is 0.353 e. The van der Waals surface area contributed by atoms with Crippen molar-refractivity contribution < 1.29 is 4.92 Å². The second-order valence-corrected chi connectivity index (χ2v) is 6.39. The zero-order chi connectivity index (χ0) is 16.2. The fourth-order valence-electron chi connectivity index (χ4n) is 3.42. The van der Waals surface area contributed by atoms with Crippen molar-refractivity contribution in [1.82, 2.24) is 9.97 Å². The molecule has 3 N–H and O–H groups in total. The second kappa shape index (κ2) is 6.97. The number of nitro groups is 1. The van der Waals surface area contributed by atoms with Crippen LogP contribution in [0.1, 0.15) is 51.4 Å². The number of hydrogen-bond acceptors (Lipinski definition) is 7. The van der Waals surface area contributed by atoms with Gasteiger partial charge in [0.05, 0.1) is 4.92 Å². The van der Waals surface area contributed by atoms with E-state index in [1.807, 2.05) is 0 Å². The highest BCUT2D eigenvalue weighted by Gasteiger charge is 2.27. The summed E-state index contributed by atoms with van der Waals surface area (Å²) in [4.78, 5) is 21.6. The monoisotopic (exact) mass is 320 g/mol. The normalized spacial score (nSPS) is 19.6. The Morgan fingerprint density at radius 1 is 1.09 bits per heavy atom. The maximum absolute atomic E-state index is 11.4. The Morgan fingerprint density at radius 3 is 2.39 bits per heavy atom. The molecule has 0 radical (unpaired) electrons. The molecule has 1 aliphatic carbocycles. The summed E-state index contributed by atoms with van der Waals surface area (Å²) >= 11 is 0. The number of nitrogen functional groups attached to an aromatic ring is 1. The molecule has 0 unspecified atom stereocenters. The van der Waals surface area contributed by atoms with Gasteiger partial charge in [-0.05, 0) is 32.1 Å². The first-order chi connectivity index (χ1) is 11.1. The lowest BCUT2D eigenvalue weighted by Gasteiger charge is -2.28. The summed E-state index contributed by atoms with van der Waals surface area (Å²) < 4.78 is 0. The number of nitrogens with two attached hydrogens (primary N) is 1. The quantitative estimate of drug-likeness (QED) is 0.648. The van der Waals surface area contributed by atoms with Gasteiger partial charge in [-0.15, -0.1) is 0 Å². The zero-order valence-corrected chi connectivity index (χ0v) is 13.3. The van der Waals surface area contributed by atoms with Crippen molar-refractivity contribution in [3.05, 3.63) is 10.1 Å². The largest absolute Gasteiger partial charge is 0.378 e. The van der Waals surface area contributed by atoms with E-state index in [0.717, 1.165) is 51.6 Å². The summed E-state index contributed by atoms with van der Waals surface area (Å²) in [6.45, 7) is 1.75. The molecule has 3 rings (SSSR count). The molecule has 1 aromatic heterocycles. The van der Waals surface area contributed by atoms with Gasteiger partial charge < -0.3 is 16.0 Å². The van der Waals surface area contributed by atoms with Gasteiger partial charge in [0.25, 0.3) is 0 Å². The molecular formula is C15H24N6O2. The molecule has 0 amide bonds. The van der Waals surface area contributed by atoms with Gasteiger partial charge in [-0.25, -0.2) is 0 Å². The topological polar surface area (TPSA) is 110 Å². The van der Waals surface area contributed by atoms with Crippen LogP contribution in [0.3, 0.4) is 0 Å². The Labute approximate surface area is 135 Å². The first kappa shape index (κ1) is 15.8. The number of nitrogens with one attached hydrogen (secondary N) is 1. The predicted molar refractivity (Wildman–Crippen MR) is 89.7 cm³/mol. The first-order valence-corrected chi connectivity index (χ1v) is 8.48. The van der Waals surface area contributed by atoms with Crippen molar-refractivity contribution in [2.24, 2.45) is 0 Å². The minimum absolute atomic E-state index is 0.0520. The number of rotatable bonds is 4. The Kier molecular flexibility index (Phi) is 4.78. The zero-order valence-electron chi connectivity index (χ0n) is 13.3. The van der Waals surface area contributed by atoms with E-state index in [1.54, 1.807) is 0 Å². The van der Waals surface area contributed by atoms with E-state index in [0.29, 0.717) is 5.95 Å². The number of piperidine rings is 1. The Hall–Kier alpha value is -2.12. The summed E-state index contributed by atoms with van der Waals surface area (Å²) in [5.74, 6) is 0.727. The van der Waals surface area contributed by atoms with Crippen LogP contribution < -0.4 is 16.0 Å². The minimum atomic E-state index is -0.486. The van der Waals surface area contributed by atoms with Gasteiger partial charge in [-0.1, -0.05) is 19.3 Å². The first-order valence-electron chi connectivity index (χ1n) is 8.48. The van der Waals surface area contributed by atoms with E-state index in [9.17, 15) is 10.1 Å². The fourth-order valence-corrected chi connectivity index (χ4v) is 3.42. The van der Waals surface area contributed by atoms with Crippen molar-refractivity contribution in [1.29, 1.82) is 0 Å². The number of aromatic nitrogens is 2. The van der Waals surface area contributed by atoms with Gasteiger partial charge in [0, 0.05) is 19.1 Å². The summed E-state index contributed by atoms with van der Waals surface area (Å²) in [5, 5.41) is 14.6. The summed E-state index contributed by atoms with van der Waals surface area (Å²) in [5.41, 5.74) is 5.68. The van der Waals surface area contributed by atoms with Gasteiger partial charge in [0.15, 0.2) is 0 Å². The number of nitrogens with zero attached hydrogens (tertiary/aromatic N) is 4. The highest BCUT2D eigenvalue weighted by Crippen LogP contribution is 2.33. The van der Waals surface area contributed by atoms with E-state index in [-0.39, 0.29) is 23.4 Å². The Balaban J connectivity index is 1.89. The van der Waals surface area contributed by atoms with Crippen molar-refractivity contribution in [2.75, 3.05) is 29.0 Å². The van der Waals surface area contributed by atoms with Crippen LogP contribution in [0.25, 0.3) is 0 Å². The number of hydrogen-bond donors (Lipinski definition) is 2. The second-order valence-electron chi connectivity index (χ2n) is 6.39. The highest BCUT2D eigenvalue weighted by molar-refractivity contribution is 5.70. The summed E-state index contributed by atoms with van der Waals surface area (Å²) in [7, 11) is 0. The third kappa shape index (κ3) is 3.62. The molecular weight excluding hydrogens is 296 g/mol. The molecule has 0 bridgehead atoms. The Bertz CT molecular complexity index is 567. The SMILES string of the molecule is Nc1nc(N2CCCCC2)nc(NC2CCCCC2)c1[N+](=O)[O-]. The fraction of sp³-hybridized carbons (Fsp3) is 0.733. The third-order valence-corrected chi connectivity index (χ3v) is 4.67. The molecule has 1 aromatic rings. The van der Waals surface area contributed by atoms with E-state index < -0.39 is 4.92 Å². The van der Waals surface area contributed by atoms with Crippen molar-refractivity contribution >= 4 is 23.3 Å². The van der Waals surface area contributed by atoms with Crippen molar-refractivity contribution in [3.8, 4) is 0 Å². The molecule has 1 saturated carbocycles. The molecule has 0 atom stereocenters. The van der Waals surface area contributed by atoms with Gasteiger partial charge >= 0.3 is 5.69 Å². The van der Waals surface area contributed by atoms with Crippen molar-refractivity contribution in [2.45, 2.75) is 57.4 Å². The number of anilines is 3. The van der Waals surface area contributed by atoms with Gasteiger partial charge in [-0.3, -0.25) is 10.1 Å². The average Bonchev–Trinajstić information content (AvgIpc) is 2.56. The predicted octanol–water partition coefficient (Wildman–Crippen LogP) is 2.70. The molecule has 1 aliphatic heterocycles. The highest BCUT2D eigenvalue weighted by atomic mass is 16.6. The Morgan fingerprint density at radius 2 is 1.74 bits per heavy atom. The lowest BCUT2D eigenvalue weighted by Crippen LogP contribution is -2.32. The molecule has 2 fully saturated rings. The van der Waals surface area contributed by atoms with Crippen LogP contribution in [0.4, 0.5) is 23.3 Å².